The van der Waals surface area contributed by atoms with Gasteiger partial charge in [-0.05, 0) is 26.0 Å². The smallest absolute Gasteiger partial charge is 0.138 e. The molecule has 1 unspecified atom stereocenters. The van der Waals surface area contributed by atoms with E-state index in [1.807, 2.05) is 17.9 Å². The van der Waals surface area contributed by atoms with Crippen LogP contribution in [0.2, 0.25) is 0 Å². The third-order valence-corrected chi connectivity index (χ3v) is 3.12. The summed E-state index contributed by atoms with van der Waals surface area (Å²) < 4.78 is 7.39. The summed E-state index contributed by atoms with van der Waals surface area (Å²) in [5.41, 5.74) is 1.17. The molecule has 0 aromatic carbocycles. The van der Waals surface area contributed by atoms with E-state index in [-0.39, 0.29) is 6.04 Å². The number of aromatic nitrogens is 3. The van der Waals surface area contributed by atoms with Gasteiger partial charge in [0.05, 0.1) is 6.26 Å². The molecule has 0 spiro atoms. The molecule has 5 nitrogen and oxygen atoms in total. The maximum atomic E-state index is 5.41. The Kier molecular flexibility index (Phi) is 4.74. The number of hydrogen-bond acceptors (Lipinski definition) is 4. The number of hydrogen-bond donors (Lipinski definition) is 1. The van der Waals surface area contributed by atoms with E-state index in [1.54, 1.807) is 6.33 Å². The highest BCUT2D eigenvalue weighted by Crippen LogP contribution is 2.20. The van der Waals surface area contributed by atoms with Gasteiger partial charge in [0.15, 0.2) is 0 Å². The minimum Gasteiger partial charge on any atom is -0.469 e. The van der Waals surface area contributed by atoms with Gasteiger partial charge < -0.3 is 9.73 Å². The average Bonchev–Trinajstić information content (AvgIpc) is 2.99. The van der Waals surface area contributed by atoms with Gasteiger partial charge in [0.2, 0.25) is 0 Å². The van der Waals surface area contributed by atoms with E-state index in [1.165, 1.54) is 5.56 Å². The summed E-state index contributed by atoms with van der Waals surface area (Å²) in [5, 5.41) is 7.75. The van der Waals surface area contributed by atoms with Crippen molar-refractivity contribution in [2.24, 2.45) is 0 Å². The number of aryl methyl sites for hydroxylation is 2. The van der Waals surface area contributed by atoms with Crippen molar-refractivity contribution in [1.82, 2.24) is 20.1 Å². The van der Waals surface area contributed by atoms with Crippen LogP contribution in [0, 0.1) is 6.92 Å². The second-order valence-corrected chi connectivity index (χ2v) is 4.70. The molecule has 2 aromatic rings. The lowest BCUT2D eigenvalue weighted by molar-refractivity contribution is 0.487. The zero-order valence-corrected chi connectivity index (χ0v) is 11.9. The molecule has 104 valence electrons. The maximum Gasteiger partial charge on any atom is 0.138 e. The lowest BCUT2D eigenvalue weighted by Crippen LogP contribution is -2.24. The predicted molar refractivity (Wildman–Crippen MR) is 73.9 cm³/mol. The van der Waals surface area contributed by atoms with Crippen molar-refractivity contribution < 1.29 is 4.42 Å². The van der Waals surface area contributed by atoms with Crippen LogP contribution < -0.4 is 5.32 Å². The van der Waals surface area contributed by atoms with E-state index in [0.717, 1.165) is 37.5 Å². The Morgan fingerprint density at radius 2 is 2.26 bits per heavy atom. The molecule has 1 N–H and O–H groups in total. The Morgan fingerprint density at radius 1 is 1.42 bits per heavy atom. The second kappa shape index (κ2) is 6.52. The first-order valence-corrected chi connectivity index (χ1v) is 6.89. The van der Waals surface area contributed by atoms with Crippen LogP contribution in [0.1, 0.15) is 43.5 Å². The molecule has 2 heterocycles. The summed E-state index contributed by atoms with van der Waals surface area (Å²) in [6.07, 6.45) is 5.34. The predicted octanol–water partition coefficient (Wildman–Crippen LogP) is 2.48. The van der Waals surface area contributed by atoms with Gasteiger partial charge in [-0.2, -0.15) is 5.10 Å². The molecule has 0 aliphatic carbocycles. The Bertz CT molecular complexity index is 503. The van der Waals surface area contributed by atoms with Crippen molar-refractivity contribution in [2.75, 3.05) is 6.54 Å². The molecule has 0 radical (unpaired) electrons. The van der Waals surface area contributed by atoms with Gasteiger partial charge >= 0.3 is 0 Å². The average molecular weight is 262 g/mol. The van der Waals surface area contributed by atoms with E-state index < -0.39 is 0 Å². The fourth-order valence-corrected chi connectivity index (χ4v) is 2.23. The van der Waals surface area contributed by atoms with Gasteiger partial charge in [-0.3, -0.25) is 4.68 Å². The first-order chi connectivity index (χ1) is 9.24. The molecule has 2 rings (SSSR count). The van der Waals surface area contributed by atoms with Crippen molar-refractivity contribution >= 4 is 0 Å². The third kappa shape index (κ3) is 3.44. The molecular formula is C14H22N4O. The van der Waals surface area contributed by atoms with Crippen molar-refractivity contribution in [1.29, 1.82) is 0 Å². The van der Waals surface area contributed by atoms with Crippen molar-refractivity contribution in [3.8, 4) is 0 Å². The molecule has 0 saturated carbocycles. The Morgan fingerprint density at radius 3 is 2.89 bits per heavy atom. The molecule has 0 fully saturated rings. The summed E-state index contributed by atoms with van der Waals surface area (Å²) in [7, 11) is 0. The molecule has 2 aromatic heterocycles. The summed E-state index contributed by atoms with van der Waals surface area (Å²) >= 11 is 0. The van der Waals surface area contributed by atoms with Crippen LogP contribution in [0.5, 0.6) is 0 Å². The Labute approximate surface area is 114 Å². The monoisotopic (exact) mass is 262 g/mol. The molecule has 0 bridgehead atoms. The zero-order valence-electron chi connectivity index (χ0n) is 11.9. The second-order valence-electron chi connectivity index (χ2n) is 4.70. The van der Waals surface area contributed by atoms with E-state index in [9.17, 15) is 0 Å². The van der Waals surface area contributed by atoms with Crippen LogP contribution in [0.3, 0.4) is 0 Å². The lowest BCUT2D eigenvalue weighted by atomic mass is 10.1. The topological polar surface area (TPSA) is 55.9 Å². The number of furan rings is 1. The molecule has 0 saturated heterocycles. The van der Waals surface area contributed by atoms with Crippen molar-refractivity contribution in [3.05, 3.63) is 35.8 Å². The van der Waals surface area contributed by atoms with Gasteiger partial charge in [-0.25, -0.2) is 4.98 Å². The maximum absolute atomic E-state index is 5.41. The molecular weight excluding hydrogens is 240 g/mol. The van der Waals surface area contributed by atoms with Gasteiger partial charge in [-0.15, -0.1) is 0 Å². The summed E-state index contributed by atoms with van der Waals surface area (Å²) in [6, 6.07) is 2.30. The van der Waals surface area contributed by atoms with E-state index in [0.29, 0.717) is 0 Å². The molecule has 0 aliphatic heterocycles. The van der Waals surface area contributed by atoms with Gasteiger partial charge in [0.1, 0.15) is 17.9 Å². The fraction of sp³-hybridized carbons (Fsp3) is 0.571. The number of nitrogens with one attached hydrogen (secondary N) is 1. The summed E-state index contributed by atoms with van der Waals surface area (Å²) in [5.74, 6) is 1.96. The zero-order chi connectivity index (χ0) is 13.7. The van der Waals surface area contributed by atoms with E-state index in [2.05, 4.69) is 35.3 Å². The van der Waals surface area contributed by atoms with Gasteiger partial charge in [-0.1, -0.05) is 13.8 Å². The van der Waals surface area contributed by atoms with Crippen LogP contribution in [0.4, 0.5) is 0 Å². The first kappa shape index (κ1) is 13.8. The highest BCUT2D eigenvalue weighted by atomic mass is 16.3. The SMILES string of the molecule is CCCn1ncnc1CC(NCC)c1coc(C)c1. The molecule has 19 heavy (non-hydrogen) atoms. The minimum absolute atomic E-state index is 0.224. The van der Waals surface area contributed by atoms with Crippen LogP contribution in [0.15, 0.2) is 23.1 Å². The van der Waals surface area contributed by atoms with Crippen LogP contribution in [0.25, 0.3) is 0 Å². The molecule has 5 heteroatoms. The first-order valence-electron chi connectivity index (χ1n) is 6.89. The van der Waals surface area contributed by atoms with Crippen LogP contribution >= 0.6 is 0 Å². The molecule has 0 amide bonds. The minimum atomic E-state index is 0.224. The van der Waals surface area contributed by atoms with Crippen LogP contribution in [-0.4, -0.2) is 21.3 Å². The Hall–Kier alpha value is -1.62. The van der Waals surface area contributed by atoms with Crippen molar-refractivity contribution in [2.45, 2.75) is 46.2 Å². The standard InChI is InChI=1S/C14H22N4O/c1-4-6-18-14(16-10-17-18)8-13(15-5-2)12-7-11(3)19-9-12/h7,9-10,13,15H,4-6,8H2,1-3H3. The molecule has 1 atom stereocenters. The highest BCUT2D eigenvalue weighted by molar-refractivity contribution is 5.17. The van der Waals surface area contributed by atoms with Gasteiger partial charge in [0.25, 0.3) is 0 Å². The van der Waals surface area contributed by atoms with E-state index in [4.69, 9.17) is 4.42 Å². The fourth-order valence-electron chi connectivity index (χ4n) is 2.23. The highest BCUT2D eigenvalue weighted by Gasteiger charge is 2.16. The van der Waals surface area contributed by atoms with E-state index >= 15 is 0 Å². The van der Waals surface area contributed by atoms with Crippen molar-refractivity contribution in [3.63, 3.8) is 0 Å². The summed E-state index contributed by atoms with van der Waals surface area (Å²) in [4.78, 5) is 4.37. The summed E-state index contributed by atoms with van der Waals surface area (Å²) in [6.45, 7) is 8.05. The van der Waals surface area contributed by atoms with Gasteiger partial charge in [0, 0.05) is 24.6 Å². The Balaban J connectivity index is 2.14. The quantitative estimate of drug-likeness (QED) is 0.833. The largest absolute Gasteiger partial charge is 0.469 e. The molecule has 0 aliphatic rings. The van der Waals surface area contributed by atoms with Crippen LogP contribution in [-0.2, 0) is 13.0 Å². The number of nitrogens with zero attached hydrogens (tertiary/aromatic N) is 3. The normalized spacial score (nSPS) is 12.8. The lowest BCUT2D eigenvalue weighted by Gasteiger charge is -2.16. The third-order valence-electron chi connectivity index (χ3n) is 3.12. The number of rotatable bonds is 7. The number of likely N-dealkylation sites (N-methyl/N-ethyl adjacent to an activating group) is 1.